The number of thioether (sulfide) groups is 1. The van der Waals surface area contributed by atoms with Gasteiger partial charge in [0.05, 0.1) is 10.7 Å². The van der Waals surface area contributed by atoms with Crippen molar-refractivity contribution < 1.29 is 9.72 Å². The first-order chi connectivity index (χ1) is 11.6. The number of nitrogens with zero attached hydrogens (tertiary/aromatic N) is 1. The molecule has 6 heteroatoms. The van der Waals surface area contributed by atoms with Gasteiger partial charge in [-0.15, -0.1) is 11.8 Å². The van der Waals surface area contributed by atoms with E-state index in [0.717, 1.165) is 16.7 Å². The molecule has 4 aliphatic rings. The SMILES string of the molecule is O=C(CSc1ccc([N+](=O)[O-])cc1)NC1C2CC3CC(C2)CC1C3. The first kappa shape index (κ1) is 15.9. The van der Waals surface area contributed by atoms with Gasteiger partial charge in [-0.3, -0.25) is 14.9 Å². The zero-order valence-corrected chi connectivity index (χ0v) is 14.3. The van der Waals surface area contributed by atoms with E-state index >= 15 is 0 Å². The second-order valence-electron chi connectivity index (χ2n) is 7.56. The molecular weight excluding hydrogens is 324 g/mol. The van der Waals surface area contributed by atoms with Crippen molar-refractivity contribution in [3.8, 4) is 0 Å². The van der Waals surface area contributed by atoms with E-state index in [1.807, 2.05) is 0 Å². The summed E-state index contributed by atoms with van der Waals surface area (Å²) in [5.74, 6) is 3.67. The number of hydrogen-bond donors (Lipinski definition) is 1. The van der Waals surface area contributed by atoms with Crippen molar-refractivity contribution in [1.29, 1.82) is 0 Å². The Kier molecular flexibility index (Phi) is 4.24. The lowest BCUT2D eigenvalue weighted by molar-refractivity contribution is -0.384. The van der Waals surface area contributed by atoms with Gasteiger partial charge in [0.25, 0.3) is 5.69 Å². The van der Waals surface area contributed by atoms with E-state index in [1.54, 1.807) is 12.1 Å². The van der Waals surface area contributed by atoms with Gasteiger partial charge in [-0.25, -0.2) is 0 Å². The molecule has 1 aromatic carbocycles. The summed E-state index contributed by atoms with van der Waals surface area (Å²) in [6.45, 7) is 0. The van der Waals surface area contributed by atoms with Crippen LogP contribution in [-0.4, -0.2) is 22.6 Å². The maximum absolute atomic E-state index is 12.3. The molecule has 0 spiro atoms. The third-order valence-corrected chi connectivity index (χ3v) is 6.98. The highest BCUT2D eigenvalue weighted by Crippen LogP contribution is 2.53. The fraction of sp³-hybridized carbons (Fsp3) is 0.611. The second-order valence-corrected chi connectivity index (χ2v) is 8.61. The van der Waals surface area contributed by atoms with Gasteiger partial charge in [-0.1, -0.05) is 0 Å². The number of nitro benzene ring substituents is 1. The van der Waals surface area contributed by atoms with Crippen molar-refractivity contribution >= 4 is 23.4 Å². The Morgan fingerprint density at radius 2 is 1.67 bits per heavy atom. The summed E-state index contributed by atoms with van der Waals surface area (Å²) in [6, 6.07) is 6.76. The van der Waals surface area contributed by atoms with Crippen LogP contribution in [0.3, 0.4) is 0 Å². The minimum Gasteiger partial charge on any atom is -0.352 e. The number of amides is 1. The predicted octanol–water partition coefficient (Wildman–Crippen LogP) is 3.63. The lowest BCUT2D eigenvalue weighted by atomic mass is 9.54. The maximum Gasteiger partial charge on any atom is 0.269 e. The molecule has 5 nitrogen and oxygen atoms in total. The largest absolute Gasteiger partial charge is 0.352 e. The Hall–Kier alpha value is -1.56. The van der Waals surface area contributed by atoms with Gasteiger partial charge < -0.3 is 5.32 Å². The Morgan fingerprint density at radius 1 is 1.08 bits per heavy atom. The predicted molar refractivity (Wildman–Crippen MR) is 92.8 cm³/mol. The molecule has 0 aromatic heterocycles. The normalized spacial score (nSPS) is 33.4. The topological polar surface area (TPSA) is 72.2 Å². The molecule has 0 aliphatic heterocycles. The van der Waals surface area contributed by atoms with Gasteiger partial charge in [0.2, 0.25) is 5.91 Å². The number of carbonyl (C=O) groups is 1. The van der Waals surface area contributed by atoms with Gasteiger partial charge in [-0.2, -0.15) is 0 Å². The number of nitrogens with one attached hydrogen (secondary N) is 1. The third-order valence-electron chi connectivity index (χ3n) is 5.97. The molecule has 1 N–H and O–H groups in total. The van der Waals surface area contributed by atoms with E-state index < -0.39 is 4.92 Å². The zero-order chi connectivity index (χ0) is 16.7. The fourth-order valence-electron chi connectivity index (χ4n) is 5.20. The average molecular weight is 346 g/mol. The van der Waals surface area contributed by atoms with Crippen LogP contribution in [0.15, 0.2) is 29.2 Å². The summed E-state index contributed by atoms with van der Waals surface area (Å²) < 4.78 is 0. The van der Waals surface area contributed by atoms with E-state index in [1.165, 1.54) is 56.0 Å². The van der Waals surface area contributed by atoms with E-state index in [0.29, 0.717) is 23.6 Å². The molecule has 5 rings (SSSR count). The van der Waals surface area contributed by atoms with Crippen LogP contribution in [0.25, 0.3) is 0 Å². The molecule has 4 fully saturated rings. The van der Waals surface area contributed by atoms with Gasteiger partial charge in [0.1, 0.15) is 0 Å². The number of rotatable bonds is 5. The molecule has 4 aliphatic carbocycles. The molecule has 0 atom stereocenters. The summed E-state index contributed by atoms with van der Waals surface area (Å²) in [7, 11) is 0. The summed E-state index contributed by atoms with van der Waals surface area (Å²) in [5.41, 5.74) is 0.0809. The van der Waals surface area contributed by atoms with Gasteiger partial charge in [0, 0.05) is 23.1 Å². The Labute approximate surface area is 145 Å². The third kappa shape index (κ3) is 3.16. The van der Waals surface area contributed by atoms with Crippen LogP contribution in [0.4, 0.5) is 5.69 Å². The smallest absolute Gasteiger partial charge is 0.269 e. The van der Waals surface area contributed by atoms with Crippen LogP contribution < -0.4 is 5.32 Å². The van der Waals surface area contributed by atoms with E-state index in [-0.39, 0.29) is 11.6 Å². The zero-order valence-electron chi connectivity index (χ0n) is 13.5. The molecule has 0 unspecified atom stereocenters. The van der Waals surface area contributed by atoms with Gasteiger partial charge >= 0.3 is 0 Å². The number of carbonyl (C=O) groups excluding carboxylic acids is 1. The van der Waals surface area contributed by atoms with E-state index in [2.05, 4.69) is 5.32 Å². The standard InChI is InChI=1S/C18H22N2O3S/c21-17(10-24-16-3-1-15(2-4-16)20(22)23)19-18-13-6-11-5-12(8-13)9-14(18)7-11/h1-4,11-14,18H,5-10H2,(H,19,21). The van der Waals surface area contributed by atoms with Gasteiger partial charge in [0.15, 0.2) is 0 Å². The minimum atomic E-state index is -0.409. The van der Waals surface area contributed by atoms with Crippen molar-refractivity contribution in [2.45, 2.75) is 43.0 Å². The Balaban J connectivity index is 1.30. The number of benzene rings is 1. The summed E-state index contributed by atoms with van der Waals surface area (Å²) >= 11 is 1.44. The first-order valence-electron chi connectivity index (χ1n) is 8.75. The molecule has 1 aromatic rings. The highest BCUT2D eigenvalue weighted by Gasteiger charge is 2.48. The Morgan fingerprint density at radius 3 is 2.21 bits per heavy atom. The van der Waals surface area contributed by atoms with Crippen molar-refractivity contribution in [3.05, 3.63) is 34.4 Å². The quantitative estimate of drug-likeness (QED) is 0.502. The monoisotopic (exact) mass is 346 g/mol. The number of nitro groups is 1. The average Bonchev–Trinajstić information content (AvgIpc) is 2.56. The van der Waals surface area contributed by atoms with Crippen LogP contribution in [0.2, 0.25) is 0 Å². The molecule has 24 heavy (non-hydrogen) atoms. The molecule has 1 amide bonds. The van der Waals surface area contributed by atoms with Crippen LogP contribution in [0.1, 0.15) is 32.1 Å². The minimum absolute atomic E-state index is 0.0809. The van der Waals surface area contributed by atoms with E-state index in [4.69, 9.17) is 0 Å². The first-order valence-corrected chi connectivity index (χ1v) is 9.73. The summed E-state index contributed by atoms with van der Waals surface area (Å²) in [5, 5.41) is 13.9. The Bertz CT molecular complexity index is 618. The molecule has 0 radical (unpaired) electrons. The number of non-ortho nitro benzene ring substituents is 1. The lowest BCUT2D eigenvalue weighted by Crippen LogP contribution is -2.56. The molecule has 4 saturated carbocycles. The lowest BCUT2D eigenvalue weighted by Gasteiger charge is -2.54. The van der Waals surface area contributed by atoms with Crippen LogP contribution in [-0.2, 0) is 4.79 Å². The maximum atomic E-state index is 12.3. The second kappa shape index (κ2) is 6.39. The van der Waals surface area contributed by atoms with Gasteiger partial charge in [-0.05, 0) is 67.9 Å². The molecule has 4 bridgehead atoms. The van der Waals surface area contributed by atoms with E-state index in [9.17, 15) is 14.9 Å². The van der Waals surface area contributed by atoms with Crippen LogP contribution >= 0.6 is 11.8 Å². The summed E-state index contributed by atoms with van der Waals surface area (Å²) in [4.78, 5) is 23.5. The van der Waals surface area contributed by atoms with Crippen molar-refractivity contribution in [3.63, 3.8) is 0 Å². The molecule has 0 saturated heterocycles. The molecule has 128 valence electrons. The van der Waals surface area contributed by atoms with Crippen molar-refractivity contribution in [2.75, 3.05) is 5.75 Å². The summed E-state index contributed by atoms with van der Waals surface area (Å²) in [6.07, 6.45) is 6.62. The molecular formula is C18H22N2O3S. The van der Waals surface area contributed by atoms with Crippen molar-refractivity contribution in [2.24, 2.45) is 23.7 Å². The fourth-order valence-corrected chi connectivity index (χ4v) is 5.91. The highest BCUT2D eigenvalue weighted by atomic mass is 32.2. The van der Waals surface area contributed by atoms with Crippen LogP contribution in [0, 0.1) is 33.8 Å². The number of hydrogen-bond acceptors (Lipinski definition) is 4. The van der Waals surface area contributed by atoms with Crippen LogP contribution in [0.5, 0.6) is 0 Å². The van der Waals surface area contributed by atoms with Crippen molar-refractivity contribution in [1.82, 2.24) is 5.32 Å². The molecule has 0 heterocycles. The highest BCUT2D eigenvalue weighted by molar-refractivity contribution is 8.00.